The van der Waals surface area contributed by atoms with Crippen LogP contribution in [0.15, 0.2) is 179 Å². The Labute approximate surface area is 348 Å². The summed E-state index contributed by atoms with van der Waals surface area (Å²) in [5.74, 6) is 1.86. The van der Waals surface area contributed by atoms with Crippen LogP contribution in [0.25, 0.3) is 43.5 Å². The van der Waals surface area contributed by atoms with E-state index < -0.39 is 0 Å². The highest BCUT2D eigenvalue weighted by atomic mass is 16.6. The summed E-state index contributed by atoms with van der Waals surface area (Å²) >= 11 is 0. The lowest BCUT2D eigenvalue weighted by Crippen LogP contribution is -2.58. The van der Waals surface area contributed by atoms with Gasteiger partial charge in [0.15, 0.2) is 0 Å². The minimum absolute atomic E-state index is 0.245. The van der Waals surface area contributed by atoms with Gasteiger partial charge in [-0.3, -0.25) is 0 Å². The van der Waals surface area contributed by atoms with E-state index in [1.54, 1.807) is 0 Å². The van der Waals surface area contributed by atoms with Gasteiger partial charge in [-0.15, -0.1) is 0 Å². The Balaban J connectivity index is 1.12. The van der Waals surface area contributed by atoms with E-state index >= 15 is 0 Å². The number of hydrogen-bond donors (Lipinski definition) is 0. The zero-order valence-corrected chi connectivity index (χ0v) is 33.0. The number of para-hydroxylation sites is 3. The van der Waals surface area contributed by atoms with E-state index in [9.17, 15) is 0 Å². The monoisotopic (exact) mass is 774 g/mol. The molecule has 286 valence electrons. The van der Waals surface area contributed by atoms with E-state index in [-0.39, 0.29) is 6.71 Å². The third-order valence-electron chi connectivity index (χ3n) is 13.3. The van der Waals surface area contributed by atoms with Crippen molar-refractivity contribution in [2.75, 3.05) is 9.80 Å². The predicted molar refractivity (Wildman–Crippen MR) is 247 cm³/mol. The fraction of sp³-hybridized carbons (Fsp3) is 0.111. The van der Waals surface area contributed by atoms with Crippen LogP contribution in [0.5, 0.6) is 11.7 Å². The fourth-order valence-electron chi connectivity index (χ4n) is 10.6. The topological polar surface area (TPSA) is 42.0 Å². The normalized spacial score (nSPS) is 14.7. The first-order valence-electron chi connectivity index (χ1n) is 21.3. The Morgan fingerprint density at radius 3 is 2.05 bits per heavy atom. The lowest BCUT2D eigenvalue weighted by molar-refractivity contribution is 0.363. The van der Waals surface area contributed by atoms with Gasteiger partial charge in [-0.2, -0.15) is 0 Å². The summed E-state index contributed by atoms with van der Waals surface area (Å²) in [7, 11) is 0. The van der Waals surface area contributed by atoms with Crippen LogP contribution in [-0.4, -0.2) is 6.71 Å². The zero-order valence-electron chi connectivity index (χ0n) is 33.0. The van der Waals surface area contributed by atoms with Crippen LogP contribution < -0.4 is 31.1 Å². The van der Waals surface area contributed by atoms with E-state index in [4.69, 9.17) is 13.6 Å². The Morgan fingerprint density at radius 2 is 1.23 bits per heavy atom. The summed E-state index contributed by atoms with van der Waals surface area (Å²) in [6, 6.07) is 61.0. The largest absolute Gasteiger partial charge is 0.467 e. The van der Waals surface area contributed by atoms with Gasteiger partial charge in [0.05, 0.1) is 5.69 Å². The minimum atomic E-state index is -0.245. The molecule has 2 aliphatic heterocycles. The van der Waals surface area contributed by atoms with E-state index in [2.05, 4.69) is 168 Å². The number of rotatable bonds is 5. The molecule has 0 amide bonds. The number of hydrogen-bond acceptors (Lipinski definition) is 5. The number of furan rings is 2. The average molecular weight is 775 g/mol. The van der Waals surface area contributed by atoms with Crippen molar-refractivity contribution in [3.63, 3.8) is 0 Å². The standard InChI is InChI=1S/C54H39BN2O3/c1-4-15-34(16-5-1)36-31-46-50-48(32-36)59-54-49(44-25-12-13-26-47(44)58-54)55(50)53-51(45-30-29-42-41-24-11-10-17-35(41)27-28-43(42)52(45)60-53)57(46)40-23-14-22-39(33-40)56(37-18-6-2-7-19-37)38-20-8-3-9-21-38/h2-3,6-14,17-34H,1,4-5,15-16H2. The first-order valence-corrected chi connectivity index (χ1v) is 21.3. The van der Waals surface area contributed by atoms with Gasteiger partial charge in [0.25, 0.3) is 5.95 Å². The molecule has 4 heterocycles. The number of ether oxygens (including phenoxy) is 1. The summed E-state index contributed by atoms with van der Waals surface area (Å²) in [6.07, 6.45) is 6.13. The molecule has 0 bridgehead atoms. The Morgan fingerprint density at radius 1 is 0.533 bits per heavy atom. The van der Waals surface area contributed by atoms with Gasteiger partial charge in [0.1, 0.15) is 22.6 Å². The number of fused-ring (bicyclic) bond motifs is 12. The van der Waals surface area contributed by atoms with Crippen LogP contribution in [0.2, 0.25) is 0 Å². The van der Waals surface area contributed by atoms with Crippen molar-refractivity contribution in [1.82, 2.24) is 0 Å². The molecule has 0 unspecified atom stereocenters. The molecule has 2 aromatic heterocycles. The second kappa shape index (κ2) is 13.2. The molecule has 8 aromatic carbocycles. The number of anilines is 6. The molecule has 60 heavy (non-hydrogen) atoms. The molecule has 1 aliphatic carbocycles. The van der Waals surface area contributed by atoms with E-state index in [1.165, 1.54) is 53.8 Å². The molecule has 1 saturated carbocycles. The molecule has 0 atom stereocenters. The Kier molecular flexibility index (Phi) is 7.41. The molecule has 0 radical (unpaired) electrons. The van der Waals surface area contributed by atoms with Crippen molar-refractivity contribution < 1.29 is 13.6 Å². The van der Waals surface area contributed by atoms with Crippen LogP contribution in [0.1, 0.15) is 43.6 Å². The molecule has 5 nitrogen and oxygen atoms in total. The molecule has 10 aromatic rings. The van der Waals surface area contributed by atoms with Gasteiger partial charge in [0, 0.05) is 55.5 Å². The molecule has 0 saturated heterocycles. The highest BCUT2D eigenvalue weighted by Crippen LogP contribution is 2.50. The first-order chi connectivity index (χ1) is 29.8. The van der Waals surface area contributed by atoms with Crippen LogP contribution in [-0.2, 0) is 0 Å². The summed E-state index contributed by atoms with van der Waals surface area (Å²) < 4.78 is 21.0. The van der Waals surface area contributed by atoms with Crippen molar-refractivity contribution in [1.29, 1.82) is 0 Å². The van der Waals surface area contributed by atoms with Crippen LogP contribution in [0.3, 0.4) is 0 Å². The Hall–Kier alpha value is -7.18. The molecule has 0 spiro atoms. The van der Waals surface area contributed by atoms with Gasteiger partial charge in [-0.25, -0.2) is 0 Å². The van der Waals surface area contributed by atoms with Gasteiger partial charge < -0.3 is 23.4 Å². The summed E-state index contributed by atoms with van der Waals surface area (Å²) in [5.41, 5.74) is 12.6. The zero-order chi connectivity index (χ0) is 39.3. The van der Waals surface area contributed by atoms with E-state index in [0.717, 1.165) is 83.8 Å². The van der Waals surface area contributed by atoms with Crippen molar-refractivity contribution in [2.45, 2.75) is 38.0 Å². The highest BCUT2D eigenvalue weighted by Gasteiger charge is 2.48. The lowest BCUT2D eigenvalue weighted by atomic mass is 9.36. The summed E-state index contributed by atoms with van der Waals surface area (Å²) in [4.78, 5) is 4.81. The van der Waals surface area contributed by atoms with E-state index in [1.807, 2.05) is 12.1 Å². The second-order valence-corrected chi connectivity index (χ2v) is 16.6. The van der Waals surface area contributed by atoms with Gasteiger partial charge in [-0.1, -0.05) is 116 Å². The van der Waals surface area contributed by atoms with Crippen molar-refractivity contribution >= 4 is 101 Å². The smallest absolute Gasteiger partial charge is 0.306 e. The van der Waals surface area contributed by atoms with Crippen molar-refractivity contribution in [2.24, 2.45) is 0 Å². The van der Waals surface area contributed by atoms with Gasteiger partial charge >= 0.3 is 6.71 Å². The van der Waals surface area contributed by atoms with Gasteiger partial charge in [0.2, 0.25) is 0 Å². The Bertz CT molecular complexity index is 3270. The maximum absolute atomic E-state index is 7.44. The quantitative estimate of drug-likeness (QED) is 0.129. The molecular formula is C54H39BN2O3. The molecular weight excluding hydrogens is 735 g/mol. The number of nitrogens with zero attached hydrogens (tertiary/aromatic N) is 2. The lowest BCUT2D eigenvalue weighted by Gasteiger charge is -2.38. The minimum Gasteiger partial charge on any atom is -0.467 e. The second-order valence-electron chi connectivity index (χ2n) is 16.6. The molecule has 3 aliphatic rings. The molecule has 6 heteroatoms. The van der Waals surface area contributed by atoms with Crippen LogP contribution in [0.4, 0.5) is 34.1 Å². The summed E-state index contributed by atoms with van der Waals surface area (Å²) in [6.45, 7) is -0.245. The van der Waals surface area contributed by atoms with Crippen molar-refractivity contribution in [3.05, 3.63) is 175 Å². The molecule has 13 rings (SSSR count). The van der Waals surface area contributed by atoms with E-state index in [0.29, 0.717) is 11.9 Å². The third kappa shape index (κ3) is 5.00. The molecule has 1 fully saturated rings. The third-order valence-corrected chi connectivity index (χ3v) is 13.3. The predicted octanol–water partition coefficient (Wildman–Crippen LogP) is 13.4. The summed E-state index contributed by atoms with van der Waals surface area (Å²) in [5, 5.41) is 6.84. The molecule has 0 N–H and O–H groups in total. The van der Waals surface area contributed by atoms with Crippen LogP contribution in [0, 0.1) is 0 Å². The average Bonchev–Trinajstić information content (AvgIpc) is 3.89. The van der Waals surface area contributed by atoms with Gasteiger partial charge in [-0.05, 0) is 113 Å². The maximum atomic E-state index is 7.44. The number of benzene rings is 8. The van der Waals surface area contributed by atoms with Crippen LogP contribution >= 0.6 is 0 Å². The SMILES string of the molecule is c1ccc(N(c2ccccc2)c2cccc(N3c4cc(C5CCCCC5)cc5c4B(c4oc6c(ccc7c8ccccc8ccc76)c43)c3c(oc4ccccc34)O5)c2)cc1. The highest BCUT2D eigenvalue weighted by molar-refractivity contribution is 7.00. The first kappa shape index (κ1) is 33.8. The maximum Gasteiger partial charge on any atom is 0.306 e. The van der Waals surface area contributed by atoms with Crippen molar-refractivity contribution in [3.8, 4) is 11.7 Å². The fourth-order valence-corrected chi connectivity index (χ4v) is 10.6.